The Bertz CT molecular complexity index is 887. The van der Waals surface area contributed by atoms with Gasteiger partial charge in [0, 0.05) is 11.3 Å². The number of benzene rings is 2. The van der Waals surface area contributed by atoms with Crippen molar-refractivity contribution in [1.29, 1.82) is 0 Å². The lowest BCUT2D eigenvalue weighted by Crippen LogP contribution is -3.27. The van der Waals surface area contributed by atoms with E-state index in [9.17, 15) is 9.59 Å². The maximum atomic E-state index is 12.5. The number of rotatable bonds is 5. The highest BCUT2D eigenvalue weighted by atomic mass is 16.2. The van der Waals surface area contributed by atoms with E-state index >= 15 is 0 Å². The molecule has 0 saturated carbocycles. The maximum absolute atomic E-state index is 12.5. The van der Waals surface area contributed by atoms with Gasteiger partial charge in [0.25, 0.3) is 0 Å². The van der Waals surface area contributed by atoms with Crippen molar-refractivity contribution in [3.05, 3.63) is 64.7 Å². The number of hydrogen-bond acceptors (Lipinski definition) is 2. The Balaban J connectivity index is 1.66. The first-order valence-electron chi connectivity index (χ1n) is 10.7. The van der Waals surface area contributed by atoms with E-state index in [4.69, 9.17) is 0 Å². The fraction of sp³-hybridized carbons (Fsp3) is 0.417. The van der Waals surface area contributed by atoms with E-state index in [1.807, 2.05) is 32.0 Å². The van der Waals surface area contributed by atoms with Gasteiger partial charge in [-0.1, -0.05) is 42.0 Å². The summed E-state index contributed by atoms with van der Waals surface area (Å²) < 4.78 is 0. The molecule has 1 atom stereocenters. The number of likely N-dealkylation sites (N-methyl/N-ethyl adjacent to an activating group) is 1. The first kappa shape index (κ1) is 22.0. The second kappa shape index (κ2) is 9.87. The van der Waals surface area contributed by atoms with Crippen LogP contribution in [0.15, 0.2) is 42.5 Å². The smallest absolute Gasteiger partial charge is 0.313 e. The van der Waals surface area contributed by atoms with Crippen LogP contribution in [0.5, 0.6) is 0 Å². The van der Waals surface area contributed by atoms with Crippen LogP contribution in [0.2, 0.25) is 0 Å². The third kappa shape index (κ3) is 5.68. The van der Waals surface area contributed by atoms with Crippen LogP contribution in [0.1, 0.15) is 28.3 Å². The summed E-state index contributed by atoms with van der Waals surface area (Å²) in [6, 6.07) is 14.4. The number of aryl methyl sites for hydroxylation is 3. The van der Waals surface area contributed by atoms with E-state index in [2.05, 4.69) is 48.9 Å². The van der Waals surface area contributed by atoms with Crippen LogP contribution in [-0.2, 0) is 9.59 Å². The molecule has 1 aliphatic heterocycles. The monoisotopic (exact) mass is 410 g/mol. The number of carbonyl (C=O) groups is 2. The molecule has 1 saturated heterocycles. The summed E-state index contributed by atoms with van der Waals surface area (Å²) in [5.41, 5.74) is 5.07. The van der Waals surface area contributed by atoms with Crippen molar-refractivity contribution in [2.75, 3.05) is 45.1 Å². The predicted octanol–water partition coefficient (Wildman–Crippen LogP) is -0.179. The van der Waals surface area contributed by atoms with Gasteiger partial charge in [-0.15, -0.1) is 0 Å². The molecule has 6 heteroatoms. The zero-order valence-electron chi connectivity index (χ0n) is 18.5. The molecule has 0 spiro atoms. The molecule has 0 radical (unpaired) electrons. The Morgan fingerprint density at radius 1 is 0.900 bits per heavy atom. The molecule has 2 amide bonds. The van der Waals surface area contributed by atoms with Gasteiger partial charge in [-0.2, -0.15) is 0 Å². The highest BCUT2D eigenvalue weighted by Gasteiger charge is 2.30. The molecule has 30 heavy (non-hydrogen) atoms. The van der Waals surface area contributed by atoms with Crippen molar-refractivity contribution in [3.8, 4) is 0 Å². The zero-order valence-corrected chi connectivity index (χ0v) is 18.5. The standard InChI is InChI=1S/C24H32N4O2/c1-17-6-9-20(10-7-17)22(28-13-11-27(4)12-14-28)16-25-23(29)24(30)26-21-15-18(2)5-8-19(21)3/h5-10,15,22H,11-14,16H2,1-4H3,(H,25,29)(H,26,30)/p+2/t22-/m0/s1. The number of amides is 2. The first-order valence-corrected chi connectivity index (χ1v) is 10.7. The molecule has 0 unspecified atom stereocenters. The van der Waals surface area contributed by atoms with Crippen LogP contribution in [0.25, 0.3) is 0 Å². The van der Waals surface area contributed by atoms with Gasteiger partial charge in [0.15, 0.2) is 0 Å². The SMILES string of the molecule is Cc1ccc([C@H](CNC(=O)C(=O)Nc2cc(C)ccc2C)[NH+]2CC[NH+](C)CC2)cc1. The molecule has 3 rings (SSSR count). The summed E-state index contributed by atoms with van der Waals surface area (Å²) in [6.07, 6.45) is 0. The molecule has 1 heterocycles. The minimum atomic E-state index is -0.621. The molecule has 0 aliphatic carbocycles. The third-order valence-electron chi connectivity index (χ3n) is 6.03. The van der Waals surface area contributed by atoms with E-state index in [0.29, 0.717) is 12.2 Å². The van der Waals surface area contributed by atoms with Crippen LogP contribution in [0, 0.1) is 20.8 Å². The van der Waals surface area contributed by atoms with E-state index < -0.39 is 11.8 Å². The fourth-order valence-corrected chi connectivity index (χ4v) is 3.97. The number of piperazine rings is 1. The molecular weight excluding hydrogens is 376 g/mol. The van der Waals surface area contributed by atoms with Crippen LogP contribution in [-0.4, -0.2) is 51.6 Å². The predicted molar refractivity (Wildman–Crippen MR) is 119 cm³/mol. The lowest BCUT2D eigenvalue weighted by Gasteiger charge is -2.33. The summed E-state index contributed by atoms with van der Waals surface area (Å²) in [7, 11) is 2.22. The van der Waals surface area contributed by atoms with Gasteiger partial charge in [-0.3, -0.25) is 9.59 Å². The summed E-state index contributed by atoms with van der Waals surface area (Å²) >= 11 is 0. The highest BCUT2D eigenvalue weighted by Crippen LogP contribution is 2.16. The van der Waals surface area contributed by atoms with Crippen molar-refractivity contribution in [2.45, 2.75) is 26.8 Å². The lowest BCUT2D eigenvalue weighted by atomic mass is 10.0. The Kier molecular flexibility index (Phi) is 7.24. The van der Waals surface area contributed by atoms with Gasteiger partial charge >= 0.3 is 11.8 Å². The largest absolute Gasteiger partial charge is 0.341 e. The molecule has 2 aromatic carbocycles. The lowest BCUT2D eigenvalue weighted by molar-refractivity contribution is -1.02. The molecule has 2 aromatic rings. The topological polar surface area (TPSA) is 67.1 Å². The molecule has 1 aliphatic rings. The van der Waals surface area contributed by atoms with Crippen molar-refractivity contribution in [3.63, 3.8) is 0 Å². The van der Waals surface area contributed by atoms with Crippen molar-refractivity contribution in [1.82, 2.24) is 5.32 Å². The van der Waals surface area contributed by atoms with Gasteiger partial charge in [-0.25, -0.2) is 0 Å². The maximum Gasteiger partial charge on any atom is 0.313 e. The Morgan fingerprint density at radius 2 is 1.53 bits per heavy atom. The number of carbonyl (C=O) groups excluding carboxylic acids is 2. The molecular formula is C24H34N4O2+2. The quantitative estimate of drug-likeness (QED) is 0.517. The van der Waals surface area contributed by atoms with E-state index in [-0.39, 0.29) is 6.04 Å². The molecule has 160 valence electrons. The van der Waals surface area contributed by atoms with Crippen LogP contribution >= 0.6 is 0 Å². The third-order valence-corrected chi connectivity index (χ3v) is 6.03. The van der Waals surface area contributed by atoms with Gasteiger partial charge in [-0.05, 0) is 38.0 Å². The van der Waals surface area contributed by atoms with Gasteiger partial charge < -0.3 is 20.4 Å². The molecule has 0 bridgehead atoms. The molecule has 0 aromatic heterocycles. The number of nitrogens with one attached hydrogen (secondary N) is 4. The second-order valence-electron chi connectivity index (χ2n) is 8.56. The highest BCUT2D eigenvalue weighted by molar-refractivity contribution is 6.39. The van der Waals surface area contributed by atoms with Crippen LogP contribution in [0.4, 0.5) is 5.69 Å². The number of quaternary nitrogens is 2. The summed E-state index contributed by atoms with van der Waals surface area (Å²) in [5.74, 6) is -1.21. The van der Waals surface area contributed by atoms with Crippen LogP contribution in [0.3, 0.4) is 0 Å². The van der Waals surface area contributed by atoms with Crippen molar-refractivity contribution in [2.24, 2.45) is 0 Å². The molecule has 4 N–H and O–H groups in total. The minimum Gasteiger partial charge on any atom is -0.341 e. The Labute approximate surface area is 179 Å². The fourth-order valence-electron chi connectivity index (χ4n) is 3.97. The van der Waals surface area contributed by atoms with Crippen molar-refractivity contribution >= 4 is 17.5 Å². The number of anilines is 1. The van der Waals surface area contributed by atoms with Gasteiger partial charge in [0.1, 0.15) is 32.2 Å². The normalized spacial score (nSPS) is 19.7. The van der Waals surface area contributed by atoms with E-state index in [1.54, 1.807) is 4.90 Å². The average molecular weight is 411 g/mol. The van der Waals surface area contributed by atoms with Gasteiger partial charge in [0.2, 0.25) is 0 Å². The number of hydrogen-bond donors (Lipinski definition) is 4. The minimum absolute atomic E-state index is 0.135. The zero-order chi connectivity index (χ0) is 21.7. The van der Waals surface area contributed by atoms with E-state index in [1.165, 1.54) is 16.0 Å². The molecule has 6 nitrogen and oxygen atoms in total. The summed E-state index contributed by atoms with van der Waals surface area (Å²) in [5, 5.41) is 5.63. The summed E-state index contributed by atoms with van der Waals surface area (Å²) in [4.78, 5) is 28.0. The Hall–Kier alpha value is -2.70. The first-order chi connectivity index (χ1) is 14.3. The Morgan fingerprint density at radius 3 is 2.20 bits per heavy atom. The van der Waals surface area contributed by atoms with E-state index in [0.717, 1.165) is 37.3 Å². The van der Waals surface area contributed by atoms with Crippen LogP contribution < -0.4 is 20.4 Å². The van der Waals surface area contributed by atoms with Gasteiger partial charge in [0.05, 0.1) is 13.6 Å². The average Bonchev–Trinajstić information content (AvgIpc) is 2.73. The summed E-state index contributed by atoms with van der Waals surface area (Å²) in [6.45, 7) is 10.7. The van der Waals surface area contributed by atoms with Crippen molar-refractivity contribution < 1.29 is 19.4 Å². The molecule has 1 fully saturated rings. The second-order valence-corrected chi connectivity index (χ2v) is 8.56.